The number of urea groups is 1. The Bertz CT molecular complexity index is 502. The van der Waals surface area contributed by atoms with Crippen molar-refractivity contribution in [2.45, 2.75) is 19.8 Å². The molecule has 1 heterocycles. The van der Waals surface area contributed by atoms with E-state index >= 15 is 0 Å². The fraction of sp³-hybridized carbons (Fsp3) is 0.611. The van der Waals surface area contributed by atoms with Crippen LogP contribution in [0.2, 0.25) is 0 Å². The van der Waals surface area contributed by atoms with Gasteiger partial charge >= 0.3 is 6.03 Å². The Balaban J connectivity index is 1.56. The molecule has 134 valence electrons. The zero-order valence-corrected chi connectivity index (χ0v) is 14.6. The summed E-state index contributed by atoms with van der Waals surface area (Å²) in [6.07, 6.45) is 2.06. The van der Waals surface area contributed by atoms with Crippen molar-refractivity contribution in [1.82, 2.24) is 15.5 Å². The lowest BCUT2D eigenvalue weighted by Crippen LogP contribution is -2.46. The van der Waals surface area contributed by atoms with E-state index < -0.39 is 0 Å². The first-order chi connectivity index (χ1) is 11.7. The molecule has 0 atom stereocenters. The summed E-state index contributed by atoms with van der Waals surface area (Å²) in [6.45, 7) is 8.52. The second-order valence-corrected chi connectivity index (χ2v) is 6.28. The van der Waals surface area contributed by atoms with Gasteiger partial charge in [0.15, 0.2) is 0 Å². The van der Waals surface area contributed by atoms with E-state index in [1.807, 2.05) is 0 Å². The minimum atomic E-state index is -0.198. The number of aryl methyl sites for hydroxylation is 1. The number of nitrogens with zero attached hydrogens (tertiary/aromatic N) is 2. The second-order valence-electron chi connectivity index (χ2n) is 6.28. The largest absolute Gasteiger partial charge is 0.395 e. The zero-order valence-electron chi connectivity index (χ0n) is 14.6. The Labute approximate surface area is 144 Å². The molecule has 0 radical (unpaired) electrons. The van der Waals surface area contributed by atoms with Crippen LogP contribution in [0.1, 0.15) is 18.4 Å². The van der Waals surface area contributed by atoms with Crippen LogP contribution >= 0.6 is 0 Å². The van der Waals surface area contributed by atoms with Gasteiger partial charge < -0.3 is 20.6 Å². The van der Waals surface area contributed by atoms with Gasteiger partial charge in [-0.25, -0.2) is 4.79 Å². The summed E-state index contributed by atoms with van der Waals surface area (Å²) in [5.41, 5.74) is 2.64. The number of benzene rings is 1. The van der Waals surface area contributed by atoms with Crippen LogP contribution < -0.4 is 15.5 Å². The van der Waals surface area contributed by atoms with Crippen LogP contribution in [0, 0.1) is 6.92 Å². The van der Waals surface area contributed by atoms with Gasteiger partial charge in [0.1, 0.15) is 0 Å². The lowest BCUT2D eigenvalue weighted by atomic mass is 10.2. The normalized spacial score (nSPS) is 15.3. The van der Waals surface area contributed by atoms with E-state index in [1.54, 1.807) is 0 Å². The van der Waals surface area contributed by atoms with E-state index in [0.717, 1.165) is 45.6 Å². The topological polar surface area (TPSA) is 67.8 Å². The molecule has 1 saturated heterocycles. The molecular formula is C18H30N4O2. The maximum absolute atomic E-state index is 11.3. The molecule has 6 heteroatoms. The van der Waals surface area contributed by atoms with E-state index in [0.29, 0.717) is 13.1 Å². The van der Waals surface area contributed by atoms with Gasteiger partial charge in [0, 0.05) is 45.0 Å². The molecule has 0 bridgehead atoms. The first kappa shape index (κ1) is 18.5. The van der Waals surface area contributed by atoms with Gasteiger partial charge in [-0.1, -0.05) is 12.1 Å². The molecule has 1 aliphatic heterocycles. The lowest BCUT2D eigenvalue weighted by Gasteiger charge is -2.36. The third-order valence-corrected chi connectivity index (χ3v) is 4.32. The van der Waals surface area contributed by atoms with E-state index in [1.165, 1.54) is 11.3 Å². The first-order valence-corrected chi connectivity index (χ1v) is 8.85. The summed E-state index contributed by atoms with van der Waals surface area (Å²) >= 11 is 0. The van der Waals surface area contributed by atoms with E-state index in [9.17, 15) is 4.79 Å². The number of piperazine rings is 1. The standard InChI is InChI=1S/C18H30N4O2/c1-16-5-4-6-17(15-16)22-12-10-21(11-13-22)9-3-2-7-19-18(24)20-8-14-23/h4-6,15,23H,2-3,7-14H2,1H3,(H2,19,20,24). The average molecular weight is 334 g/mol. The number of carbonyl (C=O) groups excluding carboxylic acids is 1. The van der Waals surface area contributed by atoms with Crippen molar-refractivity contribution >= 4 is 11.7 Å². The molecule has 1 fully saturated rings. The van der Waals surface area contributed by atoms with Crippen molar-refractivity contribution in [3.05, 3.63) is 29.8 Å². The predicted octanol–water partition coefficient (Wildman–Crippen LogP) is 1.19. The third-order valence-electron chi connectivity index (χ3n) is 4.32. The Kier molecular flexibility index (Phi) is 7.85. The SMILES string of the molecule is Cc1cccc(N2CCN(CCCCNC(=O)NCCO)CC2)c1. The minimum absolute atomic E-state index is 0.0258. The molecule has 0 unspecified atom stereocenters. The summed E-state index contributed by atoms with van der Waals surface area (Å²) in [5.74, 6) is 0. The van der Waals surface area contributed by atoms with Crippen molar-refractivity contribution < 1.29 is 9.90 Å². The number of hydrogen-bond donors (Lipinski definition) is 3. The van der Waals surface area contributed by atoms with Crippen LogP contribution in [-0.4, -0.2) is 68.5 Å². The number of nitrogens with one attached hydrogen (secondary N) is 2. The van der Waals surface area contributed by atoms with Crippen LogP contribution in [0.3, 0.4) is 0 Å². The van der Waals surface area contributed by atoms with E-state index in [-0.39, 0.29) is 12.6 Å². The number of hydrogen-bond acceptors (Lipinski definition) is 4. The van der Waals surface area contributed by atoms with Crippen LogP contribution in [0.15, 0.2) is 24.3 Å². The molecule has 0 spiro atoms. The molecule has 2 rings (SSSR count). The number of amides is 2. The van der Waals surface area contributed by atoms with Crippen LogP contribution in [-0.2, 0) is 0 Å². The molecule has 0 aromatic heterocycles. The molecule has 1 aromatic carbocycles. The highest BCUT2D eigenvalue weighted by Gasteiger charge is 2.16. The van der Waals surface area contributed by atoms with Crippen molar-refractivity contribution in [1.29, 1.82) is 0 Å². The van der Waals surface area contributed by atoms with Crippen molar-refractivity contribution in [3.63, 3.8) is 0 Å². The monoisotopic (exact) mass is 334 g/mol. The molecule has 0 saturated carbocycles. The smallest absolute Gasteiger partial charge is 0.314 e. The van der Waals surface area contributed by atoms with Gasteiger partial charge in [-0.2, -0.15) is 0 Å². The first-order valence-electron chi connectivity index (χ1n) is 8.85. The molecule has 2 amide bonds. The maximum atomic E-state index is 11.3. The highest BCUT2D eigenvalue weighted by molar-refractivity contribution is 5.73. The van der Waals surface area contributed by atoms with Crippen LogP contribution in [0.25, 0.3) is 0 Å². The molecule has 1 aromatic rings. The van der Waals surface area contributed by atoms with Gasteiger partial charge in [-0.05, 0) is 44.0 Å². The average Bonchev–Trinajstić information content (AvgIpc) is 2.60. The quantitative estimate of drug-likeness (QED) is 0.625. The summed E-state index contributed by atoms with van der Waals surface area (Å²) in [4.78, 5) is 16.3. The highest BCUT2D eigenvalue weighted by Crippen LogP contribution is 2.17. The number of rotatable bonds is 8. The Morgan fingerprint density at radius 1 is 1.12 bits per heavy atom. The lowest BCUT2D eigenvalue weighted by molar-refractivity contribution is 0.232. The van der Waals surface area contributed by atoms with Gasteiger partial charge in [-0.15, -0.1) is 0 Å². The maximum Gasteiger partial charge on any atom is 0.314 e. The second kappa shape index (κ2) is 10.2. The summed E-state index contributed by atoms with van der Waals surface area (Å²) in [5, 5.41) is 14.0. The Hall–Kier alpha value is -1.79. The van der Waals surface area contributed by atoms with Crippen molar-refractivity contribution in [2.75, 3.05) is 57.3 Å². The van der Waals surface area contributed by atoms with E-state index in [2.05, 4.69) is 51.6 Å². The number of carbonyl (C=O) groups is 1. The summed E-state index contributed by atoms with van der Waals surface area (Å²) in [6, 6.07) is 8.51. The van der Waals surface area contributed by atoms with Crippen molar-refractivity contribution in [3.8, 4) is 0 Å². The van der Waals surface area contributed by atoms with Gasteiger partial charge in [-0.3, -0.25) is 4.90 Å². The molecular weight excluding hydrogens is 304 g/mol. The fourth-order valence-electron chi connectivity index (χ4n) is 2.95. The molecule has 24 heavy (non-hydrogen) atoms. The van der Waals surface area contributed by atoms with Crippen LogP contribution in [0.4, 0.5) is 10.5 Å². The number of unbranched alkanes of at least 4 members (excludes halogenated alkanes) is 1. The number of aliphatic hydroxyl groups is 1. The van der Waals surface area contributed by atoms with Crippen LogP contribution in [0.5, 0.6) is 0 Å². The van der Waals surface area contributed by atoms with Gasteiger partial charge in [0.2, 0.25) is 0 Å². The molecule has 0 aliphatic carbocycles. The predicted molar refractivity (Wildman–Crippen MR) is 97.6 cm³/mol. The number of anilines is 1. The molecule has 1 aliphatic rings. The Morgan fingerprint density at radius 3 is 2.58 bits per heavy atom. The molecule has 3 N–H and O–H groups in total. The van der Waals surface area contributed by atoms with Gasteiger partial charge in [0.25, 0.3) is 0 Å². The molecule has 6 nitrogen and oxygen atoms in total. The third kappa shape index (κ3) is 6.37. The summed E-state index contributed by atoms with van der Waals surface area (Å²) < 4.78 is 0. The zero-order chi connectivity index (χ0) is 17.2. The minimum Gasteiger partial charge on any atom is -0.395 e. The fourth-order valence-corrected chi connectivity index (χ4v) is 2.95. The van der Waals surface area contributed by atoms with Gasteiger partial charge in [0.05, 0.1) is 6.61 Å². The Morgan fingerprint density at radius 2 is 1.88 bits per heavy atom. The van der Waals surface area contributed by atoms with Crippen molar-refractivity contribution in [2.24, 2.45) is 0 Å². The summed E-state index contributed by atoms with van der Waals surface area (Å²) in [7, 11) is 0. The van der Waals surface area contributed by atoms with E-state index in [4.69, 9.17) is 5.11 Å². The number of aliphatic hydroxyl groups excluding tert-OH is 1. The highest BCUT2D eigenvalue weighted by atomic mass is 16.3.